The van der Waals surface area contributed by atoms with Crippen LogP contribution < -0.4 is 10.6 Å². The van der Waals surface area contributed by atoms with Gasteiger partial charge in [-0.2, -0.15) is 5.10 Å². The third-order valence-corrected chi connectivity index (χ3v) is 3.41. The standard InChI is InChI=1S/C14H15FN4O.ClH/c15-10-3-1-9(2-4-10)13-12(8-17-19-13)14(20)18-11-5-6-16-7-11;/h1-4,8,11,16H,5-7H2,(H,17,19)(H,18,20);1H. The van der Waals surface area contributed by atoms with Gasteiger partial charge in [-0.05, 0) is 37.2 Å². The Labute approximate surface area is 127 Å². The molecule has 1 atom stereocenters. The minimum atomic E-state index is -0.309. The van der Waals surface area contributed by atoms with Gasteiger partial charge in [-0.15, -0.1) is 12.4 Å². The maximum Gasteiger partial charge on any atom is 0.255 e. The van der Waals surface area contributed by atoms with E-state index in [4.69, 9.17) is 0 Å². The molecule has 0 aliphatic carbocycles. The number of halogens is 2. The highest BCUT2D eigenvalue weighted by Gasteiger charge is 2.20. The first-order valence-electron chi connectivity index (χ1n) is 6.55. The molecule has 1 aromatic carbocycles. The molecule has 1 aliphatic heterocycles. The van der Waals surface area contributed by atoms with E-state index in [0.29, 0.717) is 11.3 Å². The van der Waals surface area contributed by atoms with E-state index in [2.05, 4.69) is 20.8 Å². The van der Waals surface area contributed by atoms with E-state index in [1.54, 1.807) is 12.1 Å². The lowest BCUT2D eigenvalue weighted by atomic mass is 10.1. The fraction of sp³-hybridized carbons (Fsp3) is 0.286. The maximum atomic E-state index is 12.9. The molecule has 1 fully saturated rings. The van der Waals surface area contributed by atoms with Gasteiger partial charge in [-0.25, -0.2) is 4.39 Å². The van der Waals surface area contributed by atoms with Crippen LogP contribution in [0.5, 0.6) is 0 Å². The van der Waals surface area contributed by atoms with Crippen LogP contribution in [0.4, 0.5) is 4.39 Å². The highest BCUT2D eigenvalue weighted by Crippen LogP contribution is 2.21. The summed E-state index contributed by atoms with van der Waals surface area (Å²) in [5.74, 6) is -0.469. The lowest BCUT2D eigenvalue weighted by molar-refractivity contribution is 0.0941. The van der Waals surface area contributed by atoms with Crippen molar-refractivity contribution >= 4 is 18.3 Å². The van der Waals surface area contributed by atoms with E-state index >= 15 is 0 Å². The first-order chi connectivity index (χ1) is 9.74. The zero-order valence-corrected chi connectivity index (χ0v) is 12.0. The number of aromatic nitrogens is 2. The summed E-state index contributed by atoms with van der Waals surface area (Å²) in [6, 6.07) is 6.11. The number of nitrogens with one attached hydrogen (secondary N) is 3. The quantitative estimate of drug-likeness (QED) is 0.808. The Kier molecular flexibility index (Phi) is 4.93. The Morgan fingerprint density at radius 1 is 1.33 bits per heavy atom. The molecule has 3 rings (SSSR count). The topological polar surface area (TPSA) is 69.8 Å². The smallest absolute Gasteiger partial charge is 0.255 e. The summed E-state index contributed by atoms with van der Waals surface area (Å²) in [5, 5.41) is 12.9. The van der Waals surface area contributed by atoms with Crippen LogP contribution in [0.3, 0.4) is 0 Å². The predicted octanol–water partition coefficient (Wildman–Crippen LogP) is 1.73. The van der Waals surface area contributed by atoms with Gasteiger partial charge in [-0.3, -0.25) is 9.89 Å². The summed E-state index contributed by atoms with van der Waals surface area (Å²) >= 11 is 0. The van der Waals surface area contributed by atoms with Crippen molar-refractivity contribution in [1.82, 2.24) is 20.8 Å². The normalized spacial score (nSPS) is 17.3. The van der Waals surface area contributed by atoms with Crippen molar-refractivity contribution in [3.8, 4) is 11.3 Å². The average Bonchev–Trinajstić information content (AvgIpc) is 3.10. The molecule has 0 saturated carbocycles. The van der Waals surface area contributed by atoms with Crippen LogP contribution in [0, 0.1) is 5.82 Å². The van der Waals surface area contributed by atoms with E-state index in [1.807, 2.05) is 0 Å². The lowest BCUT2D eigenvalue weighted by Crippen LogP contribution is -2.36. The van der Waals surface area contributed by atoms with Crippen molar-refractivity contribution in [2.24, 2.45) is 0 Å². The number of H-pyrrole nitrogens is 1. The van der Waals surface area contributed by atoms with Gasteiger partial charge in [0.05, 0.1) is 17.5 Å². The predicted molar refractivity (Wildman–Crippen MR) is 80.0 cm³/mol. The molecule has 2 heterocycles. The Morgan fingerprint density at radius 3 is 2.76 bits per heavy atom. The first kappa shape index (κ1) is 15.5. The number of nitrogens with zero attached hydrogens (tertiary/aromatic N) is 1. The molecule has 2 aromatic rings. The number of aromatic amines is 1. The summed E-state index contributed by atoms with van der Waals surface area (Å²) in [6.45, 7) is 1.70. The van der Waals surface area contributed by atoms with Crippen molar-refractivity contribution in [3.63, 3.8) is 0 Å². The molecule has 0 radical (unpaired) electrons. The second-order valence-electron chi connectivity index (χ2n) is 4.83. The van der Waals surface area contributed by atoms with Crippen molar-refractivity contribution < 1.29 is 9.18 Å². The van der Waals surface area contributed by atoms with Crippen molar-refractivity contribution in [2.45, 2.75) is 12.5 Å². The number of rotatable bonds is 3. The van der Waals surface area contributed by atoms with Gasteiger partial charge in [0.25, 0.3) is 5.91 Å². The Bertz CT molecular complexity index is 608. The number of carbonyl (C=O) groups is 1. The molecule has 1 amide bonds. The van der Waals surface area contributed by atoms with Crippen molar-refractivity contribution in [2.75, 3.05) is 13.1 Å². The van der Waals surface area contributed by atoms with E-state index < -0.39 is 0 Å². The molecule has 112 valence electrons. The van der Waals surface area contributed by atoms with E-state index in [1.165, 1.54) is 18.3 Å². The number of carbonyl (C=O) groups excluding carboxylic acids is 1. The van der Waals surface area contributed by atoms with Crippen molar-refractivity contribution in [3.05, 3.63) is 41.8 Å². The summed E-state index contributed by atoms with van der Waals surface area (Å²) in [4.78, 5) is 12.2. The summed E-state index contributed by atoms with van der Waals surface area (Å²) in [6.07, 6.45) is 2.42. The number of amides is 1. The molecule has 1 aromatic heterocycles. The zero-order valence-electron chi connectivity index (χ0n) is 11.2. The van der Waals surface area contributed by atoms with Gasteiger partial charge in [0.2, 0.25) is 0 Å². The average molecular weight is 311 g/mol. The zero-order chi connectivity index (χ0) is 13.9. The molecule has 1 unspecified atom stereocenters. The second kappa shape index (κ2) is 6.69. The van der Waals surface area contributed by atoms with Crippen LogP contribution in [0.2, 0.25) is 0 Å². The van der Waals surface area contributed by atoms with Crippen LogP contribution in [0.25, 0.3) is 11.3 Å². The summed E-state index contributed by atoms with van der Waals surface area (Å²) in [7, 11) is 0. The summed E-state index contributed by atoms with van der Waals surface area (Å²) in [5.41, 5.74) is 1.82. The Balaban J connectivity index is 0.00000161. The van der Waals surface area contributed by atoms with Crippen LogP contribution in [-0.4, -0.2) is 35.2 Å². The minimum Gasteiger partial charge on any atom is -0.348 e. The van der Waals surface area contributed by atoms with Gasteiger partial charge in [0.1, 0.15) is 5.82 Å². The molecule has 1 aliphatic rings. The maximum absolute atomic E-state index is 12.9. The molecule has 0 bridgehead atoms. The molecular formula is C14H16ClFN4O. The highest BCUT2D eigenvalue weighted by molar-refractivity contribution is 5.99. The monoisotopic (exact) mass is 310 g/mol. The highest BCUT2D eigenvalue weighted by atomic mass is 35.5. The first-order valence-corrected chi connectivity index (χ1v) is 6.55. The lowest BCUT2D eigenvalue weighted by Gasteiger charge is -2.11. The molecule has 3 N–H and O–H groups in total. The number of benzene rings is 1. The largest absolute Gasteiger partial charge is 0.348 e. The summed E-state index contributed by atoms with van der Waals surface area (Å²) < 4.78 is 12.9. The molecule has 1 saturated heterocycles. The fourth-order valence-corrected chi connectivity index (χ4v) is 2.34. The van der Waals surface area contributed by atoms with Gasteiger partial charge in [0, 0.05) is 18.2 Å². The molecule has 7 heteroatoms. The van der Waals surface area contributed by atoms with E-state index in [0.717, 1.165) is 25.1 Å². The van der Waals surface area contributed by atoms with E-state index in [-0.39, 0.29) is 30.2 Å². The van der Waals surface area contributed by atoms with Gasteiger partial charge >= 0.3 is 0 Å². The Morgan fingerprint density at radius 2 is 2.10 bits per heavy atom. The SMILES string of the molecule is Cl.O=C(NC1CCNC1)c1cn[nH]c1-c1ccc(F)cc1. The Hall–Kier alpha value is -1.92. The van der Waals surface area contributed by atoms with Crippen molar-refractivity contribution in [1.29, 1.82) is 0 Å². The number of hydrogen-bond donors (Lipinski definition) is 3. The van der Waals surface area contributed by atoms with Gasteiger partial charge in [0.15, 0.2) is 0 Å². The van der Waals surface area contributed by atoms with Gasteiger partial charge in [-0.1, -0.05) is 0 Å². The third-order valence-electron chi connectivity index (χ3n) is 3.41. The number of hydrogen-bond acceptors (Lipinski definition) is 3. The fourth-order valence-electron chi connectivity index (χ4n) is 2.34. The van der Waals surface area contributed by atoms with E-state index in [9.17, 15) is 9.18 Å². The van der Waals surface area contributed by atoms with Crippen LogP contribution in [-0.2, 0) is 0 Å². The second-order valence-corrected chi connectivity index (χ2v) is 4.83. The molecule has 21 heavy (non-hydrogen) atoms. The minimum absolute atomic E-state index is 0. The molecule has 5 nitrogen and oxygen atoms in total. The third kappa shape index (κ3) is 3.40. The van der Waals surface area contributed by atoms with Crippen LogP contribution in [0.1, 0.15) is 16.8 Å². The van der Waals surface area contributed by atoms with Crippen LogP contribution in [0.15, 0.2) is 30.5 Å². The molecular weight excluding hydrogens is 295 g/mol. The van der Waals surface area contributed by atoms with Gasteiger partial charge < -0.3 is 10.6 Å². The molecule has 0 spiro atoms. The van der Waals surface area contributed by atoms with Crippen LogP contribution >= 0.6 is 12.4 Å².